The molecule has 4 nitrogen and oxygen atoms in total. The SMILES string of the molecule is CCCC(C(=O)O)c1[nH]cc[n+]1C.F[B-](F)(F)F. The highest BCUT2D eigenvalue weighted by Gasteiger charge is 2.27. The Balaban J connectivity index is 0.000000494. The van der Waals surface area contributed by atoms with Crippen LogP contribution in [0.1, 0.15) is 31.5 Å². The number of carbonyl (C=O) groups is 1. The topological polar surface area (TPSA) is 57.0 Å². The van der Waals surface area contributed by atoms with Gasteiger partial charge in [-0.25, -0.2) is 9.55 Å². The van der Waals surface area contributed by atoms with Crippen molar-refractivity contribution in [3.63, 3.8) is 0 Å². The summed E-state index contributed by atoms with van der Waals surface area (Å²) in [6.45, 7) is 1.98. The molecular formula is C9H15BF4N2O2. The first-order valence-electron chi connectivity index (χ1n) is 5.29. The van der Waals surface area contributed by atoms with Gasteiger partial charge in [-0.2, -0.15) is 0 Å². The smallest absolute Gasteiger partial charge is 0.481 e. The molecule has 0 radical (unpaired) electrons. The molecule has 0 saturated heterocycles. The van der Waals surface area contributed by atoms with E-state index in [2.05, 4.69) is 4.98 Å². The molecule has 1 heterocycles. The lowest BCUT2D eigenvalue weighted by molar-refractivity contribution is -0.678. The zero-order chi connectivity index (χ0) is 14.3. The maximum atomic E-state index is 10.9. The Bertz CT molecular complexity index is 375. The summed E-state index contributed by atoms with van der Waals surface area (Å²) < 4.78 is 40.8. The van der Waals surface area contributed by atoms with Crippen LogP contribution < -0.4 is 4.57 Å². The van der Waals surface area contributed by atoms with E-state index >= 15 is 0 Å². The van der Waals surface area contributed by atoms with E-state index in [0.29, 0.717) is 6.42 Å². The fourth-order valence-electron chi connectivity index (χ4n) is 1.43. The van der Waals surface area contributed by atoms with Gasteiger partial charge in [0.1, 0.15) is 12.4 Å². The number of nitrogens with zero attached hydrogens (tertiary/aromatic N) is 1. The molecule has 1 aromatic rings. The van der Waals surface area contributed by atoms with Crippen LogP contribution in [0.15, 0.2) is 12.4 Å². The number of halogens is 4. The van der Waals surface area contributed by atoms with Crippen LogP contribution in [0, 0.1) is 0 Å². The van der Waals surface area contributed by atoms with Crippen LogP contribution in [0.5, 0.6) is 0 Å². The standard InChI is InChI=1S/C9H14N2O2.BF4/c1-3-4-7(9(12)13)8-10-5-6-11(8)2;2-1(3,4)5/h5-7H,3-4H2,1-2H3,(H,12,13);/q;-1/p+1. The molecule has 0 aliphatic heterocycles. The highest BCUT2D eigenvalue weighted by molar-refractivity contribution is 6.50. The molecule has 0 aromatic carbocycles. The lowest BCUT2D eigenvalue weighted by Gasteiger charge is -2.05. The Morgan fingerprint density at radius 3 is 2.28 bits per heavy atom. The van der Waals surface area contributed by atoms with Gasteiger partial charge in [-0.1, -0.05) is 13.3 Å². The second-order valence-corrected chi connectivity index (χ2v) is 3.63. The molecule has 0 spiro atoms. The van der Waals surface area contributed by atoms with Crippen LogP contribution in [0.4, 0.5) is 17.3 Å². The van der Waals surface area contributed by atoms with Crippen molar-refractivity contribution in [3.8, 4) is 0 Å². The summed E-state index contributed by atoms with van der Waals surface area (Å²) in [6, 6.07) is 0. The van der Waals surface area contributed by atoms with Crippen LogP contribution in [-0.4, -0.2) is 23.3 Å². The summed E-state index contributed by atoms with van der Waals surface area (Å²) >= 11 is 0. The van der Waals surface area contributed by atoms with Gasteiger partial charge >= 0.3 is 13.2 Å². The first kappa shape index (κ1) is 16.5. The average molecular weight is 270 g/mol. The van der Waals surface area contributed by atoms with E-state index in [1.807, 2.05) is 24.7 Å². The van der Waals surface area contributed by atoms with Crippen LogP contribution in [0.2, 0.25) is 0 Å². The number of imidazole rings is 1. The molecule has 1 atom stereocenters. The van der Waals surface area contributed by atoms with Gasteiger partial charge in [0.2, 0.25) is 0 Å². The maximum Gasteiger partial charge on any atom is 0.673 e. The second-order valence-electron chi connectivity index (χ2n) is 3.63. The average Bonchev–Trinajstić information content (AvgIpc) is 2.57. The minimum atomic E-state index is -6.00. The molecule has 18 heavy (non-hydrogen) atoms. The highest BCUT2D eigenvalue weighted by Crippen LogP contribution is 2.16. The minimum absolute atomic E-state index is 0.412. The number of rotatable bonds is 4. The molecule has 1 aromatic heterocycles. The fourth-order valence-corrected chi connectivity index (χ4v) is 1.43. The molecule has 9 heteroatoms. The third-order valence-corrected chi connectivity index (χ3v) is 2.11. The lowest BCUT2D eigenvalue weighted by Crippen LogP contribution is -2.34. The summed E-state index contributed by atoms with van der Waals surface area (Å²) in [6.07, 6.45) is 5.11. The minimum Gasteiger partial charge on any atom is -0.481 e. The fraction of sp³-hybridized carbons (Fsp3) is 0.556. The van der Waals surface area contributed by atoms with Crippen molar-refractivity contribution in [1.29, 1.82) is 0 Å². The van der Waals surface area contributed by atoms with E-state index in [-0.39, 0.29) is 0 Å². The Hall–Kier alpha value is -1.54. The molecule has 2 N–H and O–H groups in total. The summed E-state index contributed by atoms with van der Waals surface area (Å²) in [5, 5.41) is 8.97. The van der Waals surface area contributed by atoms with Crippen molar-refractivity contribution >= 4 is 13.2 Å². The predicted octanol–water partition coefficient (Wildman–Crippen LogP) is 2.11. The molecule has 104 valence electrons. The van der Waals surface area contributed by atoms with E-state index in [0.717, 1.165) is 12.2 Å². The summed E-state index contributed by atoms with van der Waals surface area (Å²) in [5.74, 6) is -0.417. The van der Waals surface area contributed by atoms with E-state index < -0.39 is 19.1 Å². The van der Waals surface area contributed by atoms with Crippen molar-refractivity contribution < 1.29 is 31.7 Å². The van der Waals surface area contributed by atoms with Gasteiger partial charge in [0, 0.05) is 0 Å². The number of nitrogens with one attached hydrogen (secondary N) is 1. The number of aromatic amines is 1. The molecule has 0 saturated carbocycles. The summed E-state index contributed by atoms with van der Waals surface area (Å²) in [7, 11) is -4.16. The van der Waals surface area contributed by atoms with E-state index in [9.17, 15) is 22.1 Å². The monoisotopic (exact) mass is 270 g/mol. The molecule has 0 fully saturated rings. The first-order valence-corrected chi connectivity index (χ1v) is 5.29. The van der Waals surface area contributed by atoms with Crippen molar-refractivity contribution in [3.05, 3.63) is 18.2 Å². The number of hydrogen-bond acceptors (Lipinski definition) is 1. The van der Waals surface area contributed by atoms with Crippen molar-refractivity contribution in [1.82, 2.24) is 4.98 Å². The van der Waals surface area contributed by atoms with Crippen LogP contribution in [0.25, 0.3) is 0 Å². The molecule has 0 bridgehead atoms. The van der Waals surface area contributed by atoms with E-state index in [1.54, 1.807) is 6.20 Å². The first-order chi connectivity index (χ1) is 8.16. The number of aromatic nitrogens is 2. The Labute approximate surface area is 102 Å². The number of hydrogen-bond donors (Lipinski definition) is 2. The van der Waals surface area contributed by atoms with Gasteiger partial charge in [-0.3, -0.25) is 4.79 Å². The van der Waals surface area contributed by atoms with Gasteiger partial charge in [-0.15, -0.1) is 0 Å². The molecule has 0 amide bonds. The lowest BCUT2D eigenvalue weighted by atomic mass is 10.0. The summed E-state index contributed by atoms with van der Waals surface area (Å²) in [4.78, 5) is 13.9. The molecule has 0 aliphatic rings. The molecule has 1 unspecified atom stereocenters. The maximum absolute atomic E-state index is 10.9. The normalized spacial score (nSPS) is 12.6. The molecule has 0 aliphatic carbocycles. The zero-order valence-corrected chi connectivity index (χ0v) is 10.0. The largest absolute Gasteiger partial charge is 0.673 e. The number of carboxylic acid groups (broad SMARTS) is 1. The van der Waals surface area contributed by atoms with Crippen molar-refractivity contribution in [2.45, 2.75) is 25.7 Å². The second kappa shape index (κ2) is 7.02. The van der Waals surface area contributed by atoms with Gasteiger partial charge in [0.15, 0.2) is 5.92 Å². The summed E-state index contributed by atoms with van der Waals surface area (Å²) in [5.41, 5.74) is 0. The van der Waals surface area contributed by atoms with Gasteiger partial charge < -0.3 is 22.4 Å². The van der Waals surface area contributed by atoms with Crippen molar-refractivity contribution in [2.75, 3.05) is 0 Å². The number of H-pyrrole nitrogens is 1. The third kappa shape index (κ3) is 6.92. The van der Waals surface area contributed by atoms with Gasteiger partial charge in [0.05, 0.1) is 7.05 Å². The Kier molecular flexibility index (Phi) is 6.42. The van der Waals surface area contributed by atoms with E-state index in [4.69, 9.17) is 5.11 Å². The van der Waals surface area contributed by atoms with Gasteiger partial charge in [-0.05, 0) is 6.42 Å². The van der Waals surface area contributed by atoms with Gasteiger partial charge in [0.25, 0.3) is 5.82 Å². The number of aryl methyl sites for hydroxylation is 1. The predicted molar refractivity (Wildman–Crippen MR) is 57.4 cm³/mol. The Morgan fingerprint density at radius 2 is 2.00 bits per heavy atom. The number of aliphatic carboxylic acids is 1. The highest BCUT2D eigenvalue weighted by atomic mass is 19.5. The van der Waals surface area contributed by atoms with Crippen LogP contribution >= 0.6 is 0 Å². The quantitative estimate of drug-likeness (QED) is 0.500. The van der Waals surface area contributed by atoms with Crippen molar-refractivity contribution in [2.24, 2.45) is 7.05 Å². The third-order valence-electron chi connectivity index (χ3n) is 2.11. The molecule has 1 rings (SSSR count). The van der Waals surface area contributed by atoms with E-state index in [1.165, 1.54) is 0 Å². The Morgan fingerprint density at radius 1 is 1.50 bits per heavy atom. The molecular weight excluding hydrogens is 255 g/mol. The zero-order valence-electron chi connectivity index (χ0n) is 10.0. The van der Waals surface area contributed by atoms with Crippen LogP contribution in [-0.2, 0) is 11.8 Å². The van der Waals surface area contributed by atoms with Crippen LogP contribution in [0.3, 0.4) is 0 Å². The number of carboxylic acids is 1.